The van der Waals surface area contributed by atoms with Gasteiger partial charge in [-0.25, -0.2) is 0 Å². The molecular weight excluding hydrogens is 164 g/mol. The second-order valence-corrected chi connectivity index (χ2v) is 3.36. The van der Waals surface area contributed by atoms with Crippen LogP contribution in [-0.4, -0.2) is 23.2 Å². The van der Waals surface area contributed by atoms with Crippen LogP contribution in [0.3, 0.4) is 0 Å². The minimum Gasteiger partial charge on any atom is -0.390 e. The lowest BCUT2D eigenvalue weighted by Gasteiger charge is -2.16. The molecule has 1 N–H and O–H groups in total. The molecule has 2 heterocycles. The van der Waals surface area contributed by atoms with E-state index < -0.39 is 0 Å². The molecule has 0 amide bonds. The van der Waals surface area contributed by atoms with Gasteiger partial charge in [-0.2, -0.15) is 0 Å². The van der Waals surface area contributed by atoms with Crippen LogP contribution in [0.15, 0.2) is 18.3 Å². The van der Waals surface area contributed by atoms with Crippen molar-refractivity contribution in [3.8, 4) is 0 Å². The van der Waals surface area contributed by atoms with Crippen molar-refractivity contribution >= 4 is 5.69 Å². The first-order valence-electron chi connectivity index (χ1n) is 4.71. The number of hydrogen-bond donors (Lipinski definition) is 1. The summed E-state index contributed by atoms with van der Waals surface area (Å²) in [5.41, 5.74) is 1.91. The average Bonchev–Trinajstić information content (AvgIpc) is 2.71. The Kier molecular flexibility index (Phi) is 2.45. The van der Waals surface area contributed by atoms with E-state index in [2.05, 4.69) is 9.88 Å². The third-order valence-electron chi connectivity index (χ3n) is 2.44. The zero-order chi connectivity index (χ0) is 9.10. The number of anilines is 1. The maximum absolute atomic E-state index is 8.82. The van der Waals surface area contributed by atoms with Gasteiger partial charge in [-0.3, -0.25) is 4.98 Å². The summed E-state index contributed by atoms with van der Waals surface area (Å²) in [5.74, 6) is 0. The van der Waals surface area contributed by atoms with E-state index in [0.29, 0.717) is 0 Å². The van der Waals surface area contributed by atoms with Gasteiger partial charge in [-0.1, -0.05) is 0 Å². The first-order chi connectivity index (χ1) is 6.40. The fraction of sp³-hybridized carbons (Fsp3) is 0.500. The van der Waals surface area contributed by atoms with Crippen LogP contribution in [0.5, 0.6) is 0 Å². The summed E-state index contributed by atoms with van der Waals surface area (Å²) in [6.45, 7) is 2.31. The molecule has 0 unspecified atom stereocenters. The van der Waals surface area contributed by atoms with Crippen molar-refractivity contribution in [3.05, 3.63) is 24.0 Å². The van der Waals surface area contributed by atoms with Crippen LogP contribution in [0.1, 0.15) is 18.5 Å². The molecule has 0 radical (unpaired) electrons. The lowest BCUT2D eigenvalue weighted by atomic mass is 10.3. The number of nitrogens with zero attached hydrogens (tertiary/aromatic N) is 2. The molecule has 2 rings (SSSR count). The van der Waals surface area contributed by atoms with Gasteiger partial charge in [-0.15, -0.1) is 0 Å². The molecule has 70 valence electrons. The highest BCUT2D eigenvalue weighted by Crippen LogP contribution is 2.18. The molecule has 1 aromatic heterocycles. The molecule has 3 heteroatoms. The van der Waals surface area contributed by atoms with Crippen molar-refractivity contribution in [3.63, 3.8) is 0 Å². The molecule has 13 heavy (non-hydrogen) atoms. The first-order valence-corrected chi connectivity index (χ1v) is 4.71. The van der Waals surface area contributed by atoms with Crippen molar-refractivity contribution in [2.24, 2.45) is 0 Å². The quantitative estimate of drug-likeness (QED) is 0.738. The smallest absolute Gasteiger partial charge is 0.0852 e. The molecule has 1 aliphatic rings. The highest BCUT2D eigenvalue weighted by atomic mass is 16.3. The minimum atomic E-state index is 0.0281. The molecular formula is C10H14N2O. The van der Waals surface area contributed by atoms with Crippen LogP contribution < -0.4 is 4.90 Å². The van der Waals surface area contributed by atoms with E-state index in [1.165, 1.54) is 18.5 Å². The zero-order valence-corrected chi connectivity index (χ0v) is 7.61. The van der Waals surface area contributed by atoms with Crippen LogP contribution in [-0.2, 0) is 6.61 Å². The fourth-order valence-corrected chi connectivity index (χ4v) is 1.67. The summed E-state index contributed by atoms with van der Waals surface area (Å²) >= 11 is 0. The van der Waals surface area contributed by atoms with Gasteiger partial charge in [0.15, 0.2) is 0 Å². The second-order valence-electron chi connectivity index (χ2n) is 3.36. The van der Waals surface area contributed by atoms with E-state index in [4.69, 9.17) is 5.11 Å². The molecule has 3 nitrogen and oxygen atoms in total. The van der Waals surface area contributed by atoms with Gasteiger partial charge in [0.2, 0.25) is 0 Å². The fourth-order valence-electron chi connectivity index (χ4n) is 1.67. The van der Waals surface area contributed by atoms with Gasteiger partial charge in [0.05, 0.1) is 24.2 Å². The number of aromatic nitrogens is 1. The average molecular weight is 178 g/mol. The Balaban J connectivity index is 2.12. The number of pyridine rings is 1. The van der Waals surface area contributed by atoms with Crippen LogP contribution in [0.4, 0.5) is 5.69 Å². The van der Waals surface area contributed by atoms with Crippen LogP contribution in [0, 0.1) is 0 Å². The van der Waals surface area contributed by atoms with E-state index in [9.17, 15) is 0 Å². The SMILES string of the molecule is OCc1ccc(N2CCCC2)cn1. The van der Waals surface area contributed by atoms with Gasteiger partial charge in [0.1, 0.15) is 0 Å². The highest BCUT2D eigenvalue weighted by molar-refractivity contribution is 5.45. The van der Waals surface area contributed by atoms with E-state index in [0.717, 1.165) is 18.8 Å². The predicted octanol–water partition coefficient (Wildman–Crippen LogP) is 1.17. The molecule has 0 saturated carbocycles. The molecule has 0 aromatic carbocycles. The maximum atomic E-state index is 8.82. The molecule has 0 spiro atoms. The van der Waals surface area contributed by atoms with Gasteiger partial charge < -0.3 is 10.0 Å². The van der Waals surface area contributed by atoms with E-state index in [-0.39, 0.29) is 6.61 Å². The van der Waals surface area contributed by atoms with Crippen molar-refractivity contribution in [1.82, 2.24) is 4.98 Å². The third kappa shape index (κ3) is 1.80. The summed E-state index contributed by atoms with van der Waals surface area (Å²) < 4.78 is 0. The lowest BCUT2D eigenvalue weighted by molar-refractivity contribution is 0.277. The van der Waals surface area contributed by atoms with E-state index in [1.54, 1.807) is 0 Å². The van der Waals surface area contributed by atoms with Crippen molar-refractivity contribution in [2.45, 2.75) is 19.4 Å². The molecule has 1 saturated heterocycles. The zero-order valence-electron chi connectivity index (χ0n) is 7.61. The number of aliphatic hydroxyl groups excluding tert-OH is 1. The number of aliphatic hydroxyl groups is 1. The largest absolute Gasteiger partial charge is 0.390 e. The van der Waals surface area contributed by atoms with Crippen LogP contribution in [0.25, 0.3) is 0 Å². The summed E-state index contributed by atoms with van der Waals surface area (Å²) in [4.78, 5) is 6.48. The molecule has 1 fully saturated rings. The third-order valence-corrected chi connectivity index (χ3v) is 2.44. The minimum absolute atomic E-state index is 0.0281. The summed E-state index contributed by atoms with van der Waals surface area (Å²) in [6, 6.07) is 3.91. The molecule has 1 aromatic rings. The maximum Gasteiger partial charge on any atom is 0.0852 e. The molecule has 0 bridgehead atoms. The molecule has 1 aliphatic heterocycles. The normalized spacial score (nSPS) is 16.5. The summed E-state index contributed by atoms with van der Waals surface area (Å²) in [5, 5.41) is 8.82. The van der Waals surface area contributed by atoms with Crippen molar-refractivity contribution < 1.29 is 5.11 Å². The van der Waals surface area contributed by atoms with E-state index in [1.807, 2.05) is 18.3 Å². The topological polar surface area (TPSA) is 36.4 Å². The Morgan fingerprint density at radius 3 is 2.62 bits per heavy atom. The summed E-state index contributed by atoms with van der Waals surface area (Å²) in [6.07, 6.45) is 4.40. The first kappa shape index (κ1) is 8.51. The Morgan fingerprint density at radius 1 is 1.31 bits per heavy atom. The van der Waals surface area contributed by atoms with Crippen LogP contribution in [0.2, 0.25) is 0 Å². The standard InChI is InChI=1S/C10H14N2O/c13-8-9-3-4-10(7-11-9)12-5-1-2-6-12/h3-4,7,13H,1-2,5-6,8H2. The predicted molar refractivity (Wildman–Crippen MR) is 51.6 cm³/mol. The highest BCUT2D eigenvalue weighted by Gasteiger charge is 2.11. The van der Waals surface area contributed by atoms with Gasteiger partial charge in [0.25, 0.3) is 0 Å². The second kappa shape index (κ2) is 3.75. The Hall–Kier alpha value is -1.09. The monoisotopic (exact) mass is 178 g/mol. The summed E-state index contributed by atoms with van der Waals surface area (Å²) in [7, 11) is 0. The van der Waals surface area contributed by atoms with E-state index >= 15 is 0 Å². The number of rotatable bonds is 2. The van der Waals surface area contributed by atoms with Crippen molar-refractivity contribution in [1.29, 1.82) is 0 Å². The van der Waals surface area contributed by atoms with Crippen LogP contribution >= 0.6 is 0 Å². The molecule has 0 atom stereocenters. The Labute approximate surface area is 78.0 Å². The van der Waals surface area contributed by atoms with Gasteiger partial charge in [0, 0.05) is 13.1 Å². The van der Waals surface area contributed by atoms with Gasteiger partial charge in [-0.05, 0) is 25.0 Å². The molecule has 0 aliphatic carbocycles. The van der Waals surface area contributed by atoms with Crippen molar-refractivity contribution in [2.75, 3.05) is 18.0 Å². The Morgan fingerprint density at radius 2 is 2.08 bits per heavy atom. The lowest BCUT2D eigenvalue weighted by Crippen LogP contribution is -2.17. The Bertz CT molecular complexity index is 265. The van der Waals surface area contributed by atoms with Gasteiger partial charge >= 0.3 is 0 Å². The number of hydrogen-bond acceptors (Lipinski definition) is 3.